The third-order valence-electron chi connectivity index (χ3n) is 14.6. The predicted molar refractivity (Wildman–Crippen MR) is 285 cm³/mol. The minimum atomic E-state index is -0.221. The predicted octanol–water partition coefficient (Wildman–Crippen LogP) is 18.6. The Morgan fingerprint density at radius 3 is 1.34 bits per heavy atom. The Kier molecular flexibility index (Phi) is 8.33. The van der Waals surface area contributed by atoms with Crippen LogP contribution in [0.2, 0.25) is 0 Å². The summed E-state index contributed by atoms with van der Waals surface area (Å²) in [7, 11) is 0. The van der Waals surface area contributed by atoms with Gasteiger partial charge in [-0.15, -0.1) is 0 Å². The molecule has 3 nitrogen and oxygen atoms in total. The van der Waals surface area contributed by atoms with Crippen molar-refractivity contribution < 1.29 is 8.83 Å². The van der Waals surface area contributed by atoms with Crippen molar-refractivity contribution in [2.24, 2.45) is 0 Å². The van der Waals surface area contributed by atoms with Crippen LogP contribution in [0, 0.1) is 0 Å². The minimum Gasteiger partial charge on any atom is -0.456 e. The summed E-state index contributed by atoms with van der Waals surface area (Å²) >= 11 is 0. The molecule has 0 unspecified atom stereocenters. The fourth-order valence-electron chi connectivity index (χ4n) is 11.2. The second kappa shape index (κ2) is 14.7. The number of anilines is 3. The molecule has 0 spiro atoms. The van der Waals surface area contributed by atoms with E-state index in [0.717, 1.165) is 83.2 Å². The van der Waals surface area contributed by atoms with E-state index < -0.39 is 0 Å². The Morgan fingerprint density at radius 2 is 0.750 bits per heavy atom. The maximum Gasteiger partial charge on any atom is 0.136 e. The van der Waals surface area contributed by atoms with Crippen molar-refractivity contribution in [3.8, 4) is 44.5 Å². The first-order valence-electron chi connectivity index (χ1n) is 23.5. The van der Waals surface area contributed by atoms with Crippen LogP contribution >= 0.6 is 0 Å². The van der Waals surface area contributed by atoms with E-state index in [2.05, 4.69) is 243 Å². The zero-order valence-electron chi connectivity index (χ0n) is 37.6. The molecule has 3 heteroatoms. The molecule has 14 rings (SSSR count). The second-order valence-electron chi connectivity index (χ2n) is 18.9. The molecule has 320 valence electrons. The zero-order chi connectivity index (χ0) is 45.1. The maximum atomic E-state index is 6.43. The van der Waals surface area contributed by atoms with Crippen LogP contribution in [0.5, 0.6) is 0 Å². The van der Waals surface area contributed by atoms with Crippen LogP contribution in [0.25, 0.3) is 110 Å². The van der Waals surface area contributed by atoms with Crippen LogP contribution in [0.1, 0.15) is 25.0 Å². The van der Waals surface area contributed by atoms with E-state index in [-0.39, 0.29) is 5.41 Å². The highest BCUT2D eigenvalue weighted by molar-refractivity contribution is 6.20. The average Bonchev–Trinajstić information content (AvgIpc) is 4.04. The number of hydrogen-bond donors (Lipinski definition) is 0. The lowest BCUT2D eigenvalue weighted by molar-refractivity contribution is 0.660. The van der Waals surface area contributed by atoms with E-state index in [1.807, 2.05) is 0 Å². The van der Waals surface area contributed by atoms with Gasteiger partial charge in [-0.2, -0.15) is 0 Å². The van der Waals surface area contributed by atoms with Gasteiger partial charge in [0.05, 0.1) is 0 Å². The zero-order valence-corrected chi connectivity index (χ0v) is 37.6. The number of nitrogens with zero attached hydrogens (tertiary/aromatic N) is 1. The van der Waals surface area contributed by atoms with Crippen molar-refractivity contribution in [2.75, 3.05) is 4.90 Å². The molecule has 0 saturated carbocycles. The van der Waals surface area contributed by atoms with Gasteiger partial charge in [0.15, 0.2) is 0 Å². The Bertz CT molecular complexity index is 3990. The van der Waals surface area contributed by atoms with Crippen LogP contribution in [-0.2, 0) is 5.41 Å². The third-order valence-corrected chi connectivity index (χ3v) is 14.6. The summed E-state index contributed by atoms with van der Waals surface area (Å²) in [5, 5.41) is 9.36. The van der Waals surface area contributed by atoms with Gasteiger partial charge in [0.2, 0.25) is 0 Å². The standard InChI is InChI=1S/C65H43NO2/c1-65(2)57-38-47(40-12-4-3-5-13-40)22-28-53(57)54-29-27-50(39-58(54)65)66(48-18-10-16-43(34-48)45-25-30-59-55(36-45)63-51-20-8-6-14-41(51)23-32-61(63)67-59)49-19-11-17-44(35-49)46-26-31-60-56(37-46)64-52-21-9-7-15-42(52)24-33-62(64)68-60/h3-39H,1-2H3. The number of fused-ring (bicyclic) bond motifs is 13. The molecule has 0 atom stereocenters. The average molecular weight is 870 g/mol. The van der Waals surface area contributed by atoms with Gasteiger partial charge in [-0.3, -0.25) is 0 Å². The van der Waals surface area contributed by atoms with Crippen LogP contribution in [0.15, 0.2) is 233 Å². The molecular weight excluding hydrogens is 827 g/mol. The molecule has 0 N–H and O–H groups in total. The molecule has 0 amide bonds. The van der Waals surface area contributed by atoms with E-state index in [1.54, 1.807) is 0 Å². The van der Waals surface area contributed by atoms with Crippen molar-refractivity contribution in [3.63, 3.8) is 0 Å². The molecule has 11 aromatic carbocycles. The van der Waals surface area contributed by atoms with Gasteiger partial charge in [0.1, 0.15) is 22.3 Å². The molecule has 0 saturated heterocycles. The Morgan fingerprint density at radius 1 is 0.309 bits per heavy atom. The first kappa shape index (κ1) is 38.6. The van der Waals surface area contributed by atoms with Gasteiger partial charge >= 0.3 is 0 Å². The first-order valence-corrected chi connectivity index (χ1v) is 23.5. The molecule has 68 heavy (non-hydrogen) atoms. The quantitative estimate of drug-likeness (QED) is 0.167. The summed E-state index contributed by atoms with van der Waals surface area (Å²) in [6.45, 7) is 4.75. The largest absolute Gasteiger partial charge is 0.456 e. The lowest BCUT2D eigenvalue weighted by Crippen LogP contribution is -2.16. The highest BCUT2D eigenvalue weighted by Crippen LogP contribution is 2.52. The van der Waals surface area contributed by atoms with Crippen molar-refractivity contribution in [2.45, 2.75) is 19.3 Å². The third kappa shape index (κ3) is 5.92. The van der Waals surface area contributed by atoms with Gasteiger partial charge in [0, 0.05) is 44.0 Å². The van der Waals surface area contributed by atoms with Gasteiger partial charge in [-0.1, -0.05) is 159 Å². The molecule has 1 aliphatic carbocycles. The molecule has 0 bridgehead atoms. The van der Waals surface area contributed by atoms with E-state index in [1.165, 1.54) is 54.9 Å². The van der Waals surface area contributed by atoms with Gasteiger partial charge < -0.3 is 13.7 Å². The molecule has 2 heterocycles. The van der Waals surface area contributed by atoms with Crippen LogP contribution in [0.4, 0.5) is 17.1 Å². The number of benzene rings is 11. The highest BCUT2D eigenvalue weighted by Gasteiger charge is 2.36. The Labute approximate surface area is 393 Å². The highest BCUT2D eigenvalue weighted by atomic mass is 16.3. The van der Waals surface area contributed by atoms with Gasteiger partial charge in [0.25, 0.3) is 0 Å². The molecule has 0 radical (unpaired) electrons. The van der Waals surface area contributed by atoms with Crippen molar-refractivity contribution in [1.29, 1.82) is 0 Å². The molecule has 0 fully saturated rings. The van der Waals surface area contributed by atoms with Crippen LogP contribution < -0.4 is 4.90 Å². The molecule has 13 aromatic rings. The molecule has 2 aromatic heterocycles. The van der Waals surface area contributed by atoms with E-state index in [0.29, 0.717) is 0 Å². The topological polar surface area (TPSA) is 29.5 Å². The van der Waals surface area contributed by atoms with Gasteiger partial charge in [-0.05, 0) is 156 Å². The summed E-state index contributed by atoms with van der Waals surface area (Å²) in [6.07, 6.45) is 0. The van der Waals surface area contributed by atoms with Crippen LogP contribution in [-0.4, -0.2) is 0 Å². The van der Waals surface area contributed by atoms with Crippen molar-refractivity contribution in [3.05, 3.63) is 236 Å². The molecular formula is C65H43NO2. The number of furan rings is 2. The monoisotopic (exact) mass is 869 g/mol. The summed E-state index contributed by atoms with van der Waals surface area (Å²) < 4.78 is 12.9. The van der Waals surface area contributed by atoms with E-state index in [9.17, 15) is 0 Å². The normalized spacial score (nSPS) is 13.0. The fourth-order valence-corrected chi connectivity index (χ4v) is 11.2. The minimum absolute atomic E-state index is 0.221. The lowest BCUT2D eigenvalue weighted by Gasteiger charge is -2.29. The summed E-state index contributed by atoms with van der Waals surface area (Å²) in [4.78, 5) is 2.43. The number of rotatable bonds is 6. The van der Waals surface area contributed by atoms with Gasteiger partial charge in [-0.25, -0.2) is 0 Å². The first-order chi connectivity index (χ1) is 33.4. The Hall–Kier alpha value is -8.66. The summed E-state index contributed by atoms with van der Waals surface area (Å²) in [5.74, 6) is 0. The second-order valence-corrected chi connectivity index (χ2v) is 18.9. The van der Waals surface area contributed by atoms with Crippen molar-refractivity contribution >= 4 is 82.5 Å². The molecule has 0 aliphatic heterocycles. The lowest BCUT2D eigenvalue weighted by atomic mass is 9.81. The fraction of sp³-hybridized carbons (Fsp3) is 0.0462. The van der Waals surface area contributed by atoms with E-state index in [4.69, 9.17) is 8.83 Å². The number of hydrogen-bond acceptors (Lipinski definition) is 3. The van der Waals surface area contributed by atoms with Crippen LogP contribution in [0.3, 0.4) is 0 Å². The molecule has 1 aliphatic rings. The smallest absolute Gasteiger partial charge is 0.136 e. The van der Waals surface area contributed by atoms with E-state index >= 15 is 0 Å². The Balaban J connectivity index is 0.926. The van der Waals surface area contributed by atoms with Crippen molar-refractivity contribution in [1.82, 2.24) is 0 Å². The maximum absolute atomic E-state index is 6.43. The summed E-state index contributed by atoms with van der Waals surface area (Å²) in [6, 6.07) is 81.6. The summed E-state index contributed by atoms with van der Waals surface area (Å²) in [5.41, 5.74) is 18.9. The SMILES string of the molecule is CC1(C)c2cc(-c3ccccc3)ccc2-c2ccc(N(c3cccc(-c4ccc5oc6ccc7ccccc7c6c5c4)c3)c3cccc(-c4ccc5oc6ccc7ccccc7c6c5c4)c3)cc21.